The fourth-order valence-electron chi connectivity index (χ4n) is 11.0. The number of hydrogen-bond acceptors (Lipinski definition) is 0. The van der Waals surface area contributed by atoms with Gasteiger partial charge < -0.3 is 0 Å². The predicted octanol–water partition coefficient (Wildman–Crippen LogP) is 20.1. The third-order valence-electron chi connectivity index (χ3n) is 14.5. The van der Waals surface area contributed by atoms with E-state index in [0.29, 0.717) is 44.8 Å². The second-order valence-electron chi connectivity index (χ2n) is 18.9. The van der Waals surface area contributed by atoms with E-state index in [0.717, 1.165) is 89.8 Å². The van der Waals surface area contributed by atoms with Gasteiger partial charge in [0, 0.05) is 5.92 Å². The molecule has 358 valence electrons. The van der Waals surface area contributed by atoms with Crippen molar-refractivity contribution in [2.75, 3.05) is 0 Å². The first-order valence-corrected chi connectivity index (χ1v) is 24.6. The maximum atomic E-state index is 15.1. The van der Waals surface area contributed by atoms with Crippen molar-refractivity contribution in [3.63, 3.8) is 0 Å². The van der Waals surface area contributed by atoms with Crippen molar-refractivity contribution < 1.29 is 26.3 Å². The van der Waals surface area contributed by atoms with Gasteiger partial charge in [-0.05, 0) is 153 Å². The molecule has 11 aromatic carbocycles. The van der Waals surface area contributed by atoms with Crippen LogP contribution in [0, 0.1) is 0 Å². The molecule has 0 spiro atoms. The summed E-state index contributed by atoms with van der Waals surface area (Å²) in [5, 5.41) is 2.71. The number of rotatable bonds is 8. The topological polar surface area (TPSA) is 0 Å². The van der Waals surface area contributed by atoms with Crippen LogP contribution in [0.25, 0.3) is 106 Å². The molecule has 0 bridgehead atoms. The highest BCUT2D eigenvalue weighted by atomic mass is 19.4. The Balaban J connectivity index is 1.32. The Labute approximate surface area is 425 Å². The van der Waals surface area contributed by atoms with Gasteiger partial charge in [0.2, 0.25) is 0 Å². The van der Waals surface area contributed by atoms with E-state index in [1.165, 1.54) is 24.3 Å². The van der Waals surface area contributed by atoms with Gasteiger partial charge >= 0.3 is 12.4 Å². The highest BCUT2D eigenvalue weighted by Gasteiger charge is 2.35. The Morgan fingerprint density at radius 1 is 0.311 bits per heavy atom. The zero-order valence-corrected chi connectivity index (χ0v) is 39.7. The molecule has 0 aromatic heterocycles. The summed E-state index contributed by atoms with van der Waals surface area (Å²) < 4.78 is 90.5. The van der Waals surface area contributed by atoms with Crippen LogP contribution in [0.5, 0.6) is 0 Å². The highest BCUT2D eigenvalue weighted by Crippen LogP contribution is 2.56. The van der Waals surface area contributed by atoms with Gasteiger partial charge in [-0.25, -0.2) is 0 Å². The van der Waals surface area contributed by atoms with E-state index < -0.39 is 23.5 Å². The van der Waals surface area contributed by atoms with E-state index >= 15 is 26.3 Å². The van der Waals surface area contributed by atoms with E-state index in [1.54, 1.807) is 12.1 Å². The summed E-state index contributed by atoms with van der Waals surface area (Å²) in [6.45, 7) is 0. The molecule has 1 unspecified atom stereocenters. The molecule has 0 nitrogen and oxygen atoms in total. The SMILES string of the molecule is FC(F)(F)c1cccc(-c2c3c(c(-c4ccc(-c5ccccc5)cc4)c4c(-c5cccc(C(F)(F)F)c5)c5cc(-c6ccccc6)ccc5c(-c5ccc(-c6ccccc6)cc5)c24)C=CC(c2ccccc2)C3)c1. The first kappa shape index (κ1) is 46.3. The average molecular weight is 975 g/mol. The molecule has 0 saturated carbocycles. The number of benzene rings is 11. The summed E-state index contributed by atoms with van der Waals surface area (Å²) in [4.78, 5) is 0. The fraction of sp³-hybridized carbons (Fsp3) is 0.0588. The van der Waals surface area contributed by atoms with Gasteiger partial charge in [0.15, 0.2) is 0 Å². The molecule has 1 atom stereocenters. The van der Waals surface area contributed by atoms with Gasteiger partial charge in [-0.2, -0.15) is 26.3 Å². The van der Waals surface area contributed by atoms with Crippen LogP contribution in [0.4, 0.5) is 26.3 Å². The van der Waals surface area contributed by atoms with E-state index in [4.69, 9.17) is 0 Å². The fourth-order valence-corrected chi connectivity index (χ4v) is 11.0. The van der Waals surface area contributed by atoms with Crippen molar-refractivity contribution in [2.24, 2.45) is 0 Å². The van der Waals surface area contributed by atoms with Crippen LogP contribution in [-0.2, 0) is 18.8 Å². The van der Waals surface area contributed by atoms with Crippen molar-refractivity contribution in [3.8, 4) is 77.9 Å². The van der Waals surface area contributed by atoms with Crippen LogP contribution in [0.2, 0.25) is 0 Å². The third-order valence-corrected chi connectivity index (χ3v) is 14.5. The summed E-state index contributed by atoms with van der Waals surface area (Å²) in [6, 6.07) is 73.5. The molecular weight excluding hydrogens is 931 g/mol. The lowest BCUT2D eigenvalue weighted by atomic mass is 9.72. The van der Waals surface area contributed by atoms with Gasteiger partial charge in [0.1, 0.15) is 0 Å². The lowest BCUT2D eigenvalue weighted by molar-refractivity contribution is -0.138. The van der Waals surface area contributed by atoms with Crippen LogP contribution in [0.3, 0.4) is 0 Å². The molecule has 0 saturated heterocycles. The summed E-state index contributed by atoms with van der Waals surface area (Å²) in [5.41, 5.74) is 11.8. The predicted molar refractivity (Wildman–Crippen MR) is 291 cm³/mol. The van der Waals surface area contributed by atoms with Gasteiger partial charge in [0.05, 0.1) is 11.1 Å². The molecule has 0 radical (unpaired) electrons. The Bertz CT molecular complexity index is 3890. The van der Waals surface area contributed by atoms with Gasteiger partial charge in [-0.1, -0.05) is 218 Å². The minimum Gasteiger partial charge on any atom is -0.166 e. The van der Waals surface area contributed by atoms with Crippen molar-refractivity contribution in [1.82, 2.24) is 0 Å². The molecule has 11 aromatic rings. The molecule has 0 N–H and O–H groups in total. The molecule has 0 fully saturated rings. The van der Waals surface area contributed by atoms with Gasteiger partial charge in [0.25, 0.3) is 0 Å². The zero-order valence-electron chi connectivity index (χ0n) is 39.7. The molecule has 0 heterocycles. The molecule has 0 aliphatic heterocycles. The van der Waals surface area contributed by atoms with Crippen molar-refractivity contribution in [3.05, 3.63) is 270 Å². The maximum absolute atomic E-state index is 15.1. The van der Waals surface area contributed by atoms with Crippen molar-refractivity contribution in [2.45, 2.75) is 24.7 Å². The Kier molecular flexibility index (Phi) is 11.7. The largest absolute Gasteiger partial charge is 0.416 e. The standard InChI is InChI=1S/C68H44F6/c69-67(70,71)55-25-13-23-53(39-55)63-60-42-52(46-21-11-4-12-22-46)36-38-58(60)62(50-33-29-48(30-34-50)44-17-7-2-8-18-44)66-64(54-24-14-26-56(40-54)68(72,73)74)59-41-51(45-19-9-3-10-20-45)35-37-57(59)61(65(63)66)49-31-27-47(28-32-49)43-15-5-1-6-16-43/h1-41,52H,42H2. The first-order chi connectivity index (χ1) is 36.0. The smallest absolute Gasteiger partial charge is 0.166 e. The van der Waals surface area contributed by atoms with E-state index in [-0.39, 0.29) is 5.92 Å². The molecule has 6 heteroatoms. The second kappa shape index (κ2) is 18.7. The van der Waals surface area contributed by atoms with Crippen LogP contribution < -0.4 is 0 Å². The summed E-state index contributed by atoms with van der Waals surface area (Å²) in [5.74, 6) is -0.149. The normalized spacial score (nSPS) is 13.6. The molecular formula is C68H44F6. The van der Waals surface area contributed by atoms with Crippen LogP contribution in [0.15, 0.2) is 243 Å². The van der Waals surface area contributed by atoms with Crippen molar-refractivity contribution in [1.29, 1.82) is 0 Å². The third kappa shape index (κ3) is 8.56. The lowest BCUT2D eigenvalue weighted by Crippen LogP contribution is -2.11. The van der Waals surface area contributed by atoms with E-state index in [1.807, 2.05) is 121 Å². The quantitative estimate of drug-likeness (QED) is 0.105. The molecule has 74 heavy (non-hydrogen) atoms. The van der Waals surface area contributed by atoms with Crippen LogP contribution in [-0.4, -0.2) is 0 Å². The Morgan fingerprint density at radius 2 is 0.703 bits per heavy atom. The number of alkyl halides is 6. The molecule has 1 aliphatic carbocycles. The minimum atomic E-state index is -4.68. The van der Waals surface area contributed by atoms with Gasteiger partial charge in [-0.3, -0.25) is 0 Å². The first-order valence-electron chi connectivity index (χ1n) is 24.6. The lowest BCUT2D eigenvalue weighted by Gasteiger charge is -2.31. The molecule has 0 amide bonds. The minimum absolute atomic E-state index is 0.149. The summed E-state index contributed by atoms with van der Waals surface area (Å²) in [6.07, 6.45) is -4.67. The maximum Gasteiger partial charge on any atom is 0.416 e. The van der Waals surface area contributed by atoms with E-state index in [2.05, 4.69) is 78.9 Å². The number of fused-ring (bicyclic) bond motifs is 3. The summed E-state index contributed by atoms with van der Waals surface area (Å²) >= 11 is 0. The summed E-state index contributed by atoms with van der Waals surface area (Å²) in [7, 11) is 0. The van der Waals surface area contributed by atoms with Crippen LogP contribution >= 0.6 is 0 Å². The zero-order chi connectivity index (χ0) is 50.6. The highest BCUT2D eigenvalue weighted by molar-refractivity contribution is 6.30. The Hall–Kier alpha value is -8.74. The van der Waals surface area contributed by atoms with Crippen molar-refractivity contribution >= 4 is 27.6 Å². The molecule has 12 rings (SSSR count). The Morgan fingerprint density at radius 3 is 1.22 bits per heavy atom. The van der Waals surface area contributed by atoms with Crippen LogP contribution in [0.1, 0.15) is 33.7 Å². The average Bonchev–Trinajstić information content (AvgIpc) is 3.44. The number of halogens is 6. The van der Waals surface area contributed by atoms with E-state index in [9.17, 15) is 0 Å². The van der Waals surface area contributed by atoms with Gasteiger partial charge in [-0.15, -0.1) is 0 Å². The number of allylic oxidation sites excluding steroid dienone is 1. The number of hydrogen-bond donors (Lipinski definition) is 0. The monoisotopic (exact) mass is 974 g/mol. The molecule has 1 aliphatic rings. The second-order valence-corrected chi connectivity index (χ2v) is 18.9.